The Bertz CT molecular complexity index is 148. The van der Waals surface area contributed by atoms with Crippen molar-refractivity contribution in [2.75, 3.05) is 18.1 Å². The predicted octanol–water partition coefficient (Wildman–Crippen LogP) is 1.44. The second kappa shape index (κ2) is 8.23. The van der Waals surface area contributed by atoms with Gasteiger partial charge in [-0.25, -0.2) is 0 Å². The first kappa shape index (κ1) is 12.6. The van der Waals surface area contributed by atoms with Crippen LogP contribution in [0, 0.1) is 0 Å². The van der Waals surface area contributed by atoms with Gasteiger partial charge in [0.1, 0.15) is 0 Å². The molecule has 0 aromatic rings. The Balaban J connectivity index is 3.49. The van der Waals surface area contributed by atoms with Gasteiger partial charge in [-0.1, -0.05) is 6.92 Å². The highest BCUT2D eigenvalue weighted by molar-refractivity contribution is 7.99. The highest BCUT2D eigenvalue weighted by Gasteiger charge is 2.01. The molecular weight excluding hydrogens is 182 g/mol. The van der Waals surface area contributed by atoms with Crippen LogP contribution in [0.2, 0.25) is 0 Å². The monoisotopic (exact) mass is 203 g/mol. The van der Waals surface area contributed by atoms with Crippen molar-refractivity contribution >= 4 is 17.7 Å². The standard InChI is InChI=1S/C9H21N3S/c1-4-11-9(10)12-8(3)6-7-13-5-2/h8H,4-7H2,1-3H3,(H3,10,11,12). The Morgan fingerprint density at radius 3 is 2.77 bits per heavy atom. The van der Waals surface area contributed by atoms with E-state index in [9.17, 15) is 0 Å². The molecule has 0 spiro atoms. The summed E-state index contributed by atoms with van der Waals surface area (Å²) in [5, 5.41) is 3.15. The van der Waals surface area contributed by atoms with E-state index in [0.29, 0.717) is 12.0 Å². The molecule has 0 aliphatic heterocycles. The van der Waals surface area contributed by atoms with Crippen molar-refractivity contribution in [2.24, 2.45) is 10.7 Å². The smallest absolute Gasteiger partial charge is 0.188 e. The van der Waals surface area contributed by atoms with Crippen molar-refractivity contribution in [3.63, 3.8) is 0 Å². The fraction of sp³-hybridized carbons (Fsp3) is 0.889. The maximum atomic E-state index is 5.62. The molecule has 1 unspecified atom stereocenters. The third-order valence-electron chi connectivity index (χ3n) is 1.62. The first-order chi connectivity index (χ1) is 6.20. The van der Waals surface area contributed by atoms with Crippen molar-refractivity contribution in [3.8, 4) is 0 Å². The summed E-state index contributed by atoms with van der Waals surface area (Å²) >= 11 is 1.96. The number of thioether (sulfide) groups is 1. The van der Waals surface area contributed by atoms with Crippen LogP contribution >= 0.6 is 11.8 Å². The Labute approximate surface area is 85.6 Å². The van der Waals surface area contributed by atoms with Gasteiger partial charge < -0.3 is 11.1 Å². The van der Waals surface area contributed by atoms with Crippen LogP contribution in [0.15, 0.2) is 4.99 Å². The first-order valence-electron chi connectivity index (χ1n) is 4.84. The summed E-state index contributed by atoms with van der Waals surface area (Å²) in [5.41, 5.74) is 5.62. The topological polar surface area (TPSA) is 50.4 Å². The fourth-order valence-corrected chi connectivity index (χ4v) is 1.75. The Morgan fingerprint density at radius 2 is 2.23 bits per heavy atom. The lowest BCUT2D eigenvalue weighted by atomic mass is 10.3. The van der Waals surface area contributed by atoms with Gasteiger partial charge in [0.2, 0.25) is 0 Å². The van der Waals surface area contributed by atoms with Crippen LogP contribution in [0.4, 0.5) is 0 Å². The zero-order valence-corrected chi connectivity index (χ0v) is 9.66. The Morgan fingerprint density at radius 1 is 1.54 bits per heavy atom. The van der Waals surface area contributed by atoms with Crippen molar-refractivity contribution in [1.29, 1.82) is 0 Å². The van der Waals surface area contributed by atoms with Crippen LogP contribution < -0.4 is 11.1 Å². The van der Waals surface area contributed by atoms with E-state index in [4.69, 9.17) is 5.73 Å². The molecule has 0 amide bonds. The highest BCUT2D eigenvalue weighted by Crippen LogP contribution is 2.03. The summed E-state index contributed by atoms with van der Waals surface area (Å²) in [6, 6.07) is 0.425. The molecule has 0 bridgehead atoms. The molecule has 0 aliphatic carbocycles. The van der Waals surface area contributed by atoms with E-state index in [0.717, 1.165) is 13.0 Å². The quantitative estimate of drug-likeness (QED) is 0.390. The molecule has 0 saturated carbocycles. The van der Waals surface area contributed by atoms with E-state index in [2.05, 4.69) is 24.2 Å². The normalized spacial score (nSPS) is 14.2. The summed E-state index contributed by atoms with van der Waals surface area (Å²) in [6.07, 6.45) is 1.14. The highest BCUT2D eigenvalue weighted by atomic mass is 32.2. The summed E-state index contributed by atoms with van der Waals surface area (Å²) in [4.78, 5) is 4.07. The van der Waals surface area contributed by atoms with E-state index in [-0.39, 0.29) is 0 Å². The van der Waals surface area contributed by atoms with E-state index in [1.165, 1.54) is 11.5 Å². The molecule has 1 atom stereocenters. The van der Waals surface area contributed by atoms with Crippen molar-refractivity contribution in [3.05, 3.63) is 0 Å². The van der Waals surface area contributed by atoms with E-state index >= 15 is 0 Å². The van der Waals surface area contributed by atoms with Gasteiger partial charge in [-0.05, 0) is 31.8 Å². The molecule has 3 nitrogen and oxygen atoms in total. The summed E-state index contributed by atoms with van der Waals surface area (Å²) in [7, 11) is 0. The Kier molecular flexibility index (Phi) is 7.99. The molecule has 13 heavy (non-hydrogen) atoms. The summed E-state index contributed by atoms with van der Waals surface area (Å²) in [6.45, 7) is 7.03. The molecular formula is C9H21N3S. The zero-order chi connectivity index (χ0) is 10.1. The molecule has 0 aliphatic rings. The van der Waals surface area contributed by atoms with Gasteiger partial charge in [-0.2, -0.15) is 11.8 Å². The van der Waals surface area contributed by atoms with Crippen LogP contribution in [0.25, 0.3) is 0 Å². The largest absolute Gasteiger partial charge is 0.370 e. The summed E-state index contributed by atoms with van der Waals surface area (Å²) < 4.78 is 0. The molecule has 0 radical (unpaired) electrons. The van der Waals surface area contributed by atoms with E-state index in [1.54, 1.807) is 0 Å². The minimum absolute atomic E-state index is 0.425. The third kappa shape index (κ3) is 7.96. The van der Waals surface area contributed by atoms with E-state index in [1.807, 2.05) is 18.7 Å². The van der Waals surface area contributed by atoms with Crippen molar-refractivity contribution < 1.29 is 0 Å². The maximum absolute atomic E-state index is 5.62. The SMILES string of the molecule is CCN=C(N)NC(C)CCSCC. The van der Waals surface area contributed by atoms with Gasteiger partial charge in [0, 0.05) is 12.6 Å². The van der Waals surface area contributed by atoms with Crippen molar-refractivity contribution in [2.45, 2.75) is 33.2 Å². The lowest BCUT2D eigenvalue weighted by Gasteiger charge is -2.13. The van der Waals surface area contributed by atoms with Gasteiger partial charge in [0.05, 0.1) is 0 Å². The molecule has 4 heteroatoms. The molecule has 0 heterocycles. The minimum atomic E-state index is 0.425. The molecule has 0 aromatic heterocycles. The number of aliphatic imine (C=N–C) groups is 1. The lowest BCUT2D eigenvalue weighted by molar-refractivity contribution is 0.642. The minimum Gasteiger partial charge on any atom is -0.370 e. The van der Waals surface area contributed by atoms with Gasteiger partial charge in [0.25, 0.3) is 0 Å². The number of guanidine groups is 1. The lowest BCUT2D eigenvalue weighted by Crippen LogP contribution is -2.38. The van der Waals surface area contributed by atoms with Crippen molar-refractivity contribution in [1.82, 2.24) is 5.32 Å². The molecule has 0 fully saturated rings. The molecule has 0 saturated heterocycles. The van der Waals surface area contributed by atoms with Gasteiger partial charge in [-0.3, -0.25) is 4.99 Å². The number of nitrogens with zero attached hydrogens (tertiary/aromatic N) is 1. The molecule has 78 valence electrons. The van der Waals surface area contributed by atoms with Gasteiger partial charge in [-0.15, -0.1) is 0 Å². The van der Waals surface area contributed by atoms with Gasteiger partial charge >= 0.3 is 0 Å². The van der Waals surface area contributed by atoms with Crippen LogP contribution in [-0.2, 0) is 0 Å². The first-order valence-corrected chi connectivity index (χ1v) is 6.00. The van der Waals surface area contributed by atoms with Crippen LogP contribution in [0.5, 0.6) is 0 Å². The number of nitrogens with two attached hydrogens (primary N) is 1. The Hall–Kier alpha value is -0.380. The second-order valence-corrected chi connectivity index (χ2v) is 4.28. The third-order valence-corrected chi connectivity index (χ3v) is 2.55. The van der Waals surface area contributed by atoms with Crippen LogP contribution in [0.1, 0.15) is 27.2 Å². The number of hydrogen-bond acceptors (Lipinski definition) is 2. The van der Waals surface area contributed by atoms with Gasteiger partial charge in [0.15, 0.2) is 5.96 Å². The van der Waals surface area contributed by atoms with E-state index < -0.39 is 0 Å². The maximum Gasteiger partial charge on any atom is 0.188 e. The predicted molar refractivity (Wildman–Crippen MR) is 62.4 cm³/mol. The number of hydrogen-bond donors (Lipinski definition) is 2. The zero-order valence-electron chi connectivity index (χ0n) is 8.84. The fourth-order valence-electron chi connectivity index (χ4n) is 0.945. The van der Waals surface area contributed by atoms with Crippen LogP contribution in [-0.4, -0.2) is 30.1 Å². The number of nitrogens with one attached hydrogen (secondary N) is 1. The number of rotatable bonds is 6. The molecule has 0 rings (SSSR count). The van der Waals surface area contributed by atoms with Crippen LogP contribution in [0.3, 0.4) is 0 Å². The average molecular weight is 203 g/mol. The second-order valence-electron chi connectivity index (χ2n) is 2.89. The summed E-state index contributed by atoms with van der Waals surface area (Å²) in [5.74, 6) is 2.94. The molecule has 3 N–H and O–H groups in total. The average Bonchev–Trinajstić information content (AvgIpc) is 2.05. The molecule has 0 aromatic carbocycles.